The van der Waals surface area contributed by atoms with E-state index < -0.39 is 0 Å². The molecule has 0 heterocycles. The molecule has 0 radical (unpaired) electrons. The van der Waals surface area contributed by atoms with Gasteiger partial charge in [0.1, 0.15) is 0 Å². The summed E-state index contributed by atoms with van der Waals surface area (Å²) in [6.07, 6.45) is 6.96. The van der Waals surface area contributed by atoms with Crippen LogP contribution in [0.4, 0.5) is 17.1 Å². The van der Waals surface area contributed by atoms with E-state index in [0.29, 0.717) is 0 Å². The van der Waals surface area contributed by atoms with Gasteiger partial charge in [-0.1, -0.05) is 123 Å². The highest BCUT2D eigenvalue weighted by Crippen LogP contribution is 2.51. The average molecular weight is 566 g/mol. The Morgan fingerprint density at radius 1 is 0.523 bits per heavy atom. The highest BCUT2D eigenvalue weighted by atomic mass is 15.1. The fourth-order valence-corrected chi connectivity index (χ4v) is 7.18. The smallest absolute Gasteiger partial charge is 0.0465 e. The van der Waals surface area contributed by atoms with Crippen molar-refractivity contribution in [3.05, 3.63) is 168 Å². The quantitative estimate of drug-likeness (QED) is 0.201. The van der Waals surface area contributed by atoms with Crippen molar-refractivity contribution < 1.29 is 0 Å². The molecule has 0 unspecified atom stereocenters. The van der Waals surface area contributed by atoms with Gasteiger partial charge in [-0.2, -0.15) is 0 Å². The summed E-state index contributed by atoms with van der Waals surface area (Å²) >= 11 is 0. The van der Waals surface area contributed by atoms with Crippen LogP contribution in [-0.2, 0) is 5.41 Å². The monoisotopic (exact) mass is 565 g/mol. The highest BCUT2D eigenvalue weighted by molar-refractivity contribution is 5.89. The van der Waals surface area contributed by atoms with Gasteiger partial charge in [-0.15, -0.1) is 0 Å². The Kier molecular flexibility index (Phi) is 6.34. The molecule has 2 aliphatic rings. The zero-order chi connectivity index (χ0) is 29.7. The SMILES string of the molecule is CC1(C)C2=C(CCC=C2)c2ccc(N(c3ccc(-c4ccccc4)cc3)c3ccc(-c4ccc5ccccc5c4)cc3)cc21. The highest BCUT2D eigenvalue weighted by Gasteiger charge is 2.37. The zero-order valence-corrected chi connectivity index (χ0v) is 25.3. The molecule has 0 saturated carbocycles. The lowest BCUT2D eigenvalue weighted by molar-refractivity contribution is 0.651. The summed E-state index contributed by atoms with van der Waals surface area (Å²) in [7, 11) is 0. The first-order valence-electron chi connectivity index (χ1n) is 15.7. The molecule has 6 aromatic rings. The maximum absolute atomic E-state index is 2.43. The van der Waals surface area contributed by atoms with Crippen LogP contribution in [0.1, 0.15) is 37.8 Å². The summed E-state index contributed by atoms with van der Waals surface area (Å²) in [5.74, 6) is 0. The van der Waals surface area contributed by atoms with Gasteiger partial charge in [-0.05, 0) is 111 Å². The lowest BCUT2D eigenvalue weighted by Crippen LogP contribution is -2.18. The molecule has 0 bridgehead atoms. The average Bonchev–Trinajstić information content (AvgIpc) is 3.31. The third-order valence-electron chi connectivity index (χ3n) is 9.54. The minimum absolute atomic E-state index is 0.0135. The minimum Gasteiger partial charge on any atom is -0.310 e. The number of anilines is 3. The fraction of sp³-hybridized carbons (Fsp3) is 0.116. The Bertz CT molecular complexity index is 2060. The summed E-state index contributed by atoms with van der Waals surface area (Å²) in [6.45, 7) is 4.76. The number of fused-ring (bicyclic) bond motifs is 3. The van der Waals surface area contributed by atoms with Gasteiger partial charge < -0.3 is 4.90 Å². The van der Waals surface area contributed by atoms with Crippen molar-refractivity contribution in [2.24, 2.45) is 0 Å². The molecular formula is C43H35N. The van der Waals surface area contributed by atoms with E-state index >= 15 is 0 Å². The maximum atomic E-state index is 2.43. The first-order chi connectivity index (χ1) is 21.6. The summed E-state index contributed by atoms with van der Waals surface area (Å²) in [5, 5.41) is 2.53. The number of hydrogen-bond donors (Lipinski definition) is 0. The Labute approximate surface area is 260 Å². The van der Waals surface area contributed by atoms with Crippen LogP contribution in [-0.4, -0.2) is 0 Å². The van der Waals surface area contributed by atoms with Gasteiger partial charge in [-0.3, -0.25) is 0 Å². The van der Waals surface area contributed by atoms with E-state index in [1.165, 1.54) is 61.0 Å². The largest absolute Gasteiger partial charge is 0.310 e. The van der Waals surface area contributed by atoms with Crippen LogP contribution in [0.3, 0.4) is 0 Å². The summed E-state index contributed by atoms with van der Waals surface area (Å²) in [5.41, 5.74) is 14.2. The molecule has 0 saturated heterocycles. The van der Waals surface area contributed by atoms with Crippen molar-refractivity contribution in [3.8, 4) is 22.3 Å². The fourth-order valence-electron chi connectivity index (χ4n) is 7.18. The Hall–Kier alpha value is -5.14. The van der Waals surface area contributed by atoms with Crippen LogP contribution < -0.4 is 4.90 Å². The molecule has 1 nitrogen and oxygen atoms in total. The summed E-state index contributed by atoms with van der Waals surface area (Å²) in [4.78, 5) is 2.41. The molecule has 0 atom stereocenters. The van der Waals surface area contributed by atoms with Crippen molar-refractivity contribution >= 4 is 33.4 Å². The number of allylic oxidation sites excluding steroid dienone is 4. The lowest BCUT2D eigenvalue weighted by atomic mass is 9.80. The second-order valence-electron chi connectivity index (χ2n) is 12.5. The maximum Gasteiger partial charge on any atom is 0.0465 e. The molecule has 1 heteroatoms. The van der Waals surface area contributed by atoms with E-state index in [-0.39, 0.29) is 5.41 Å². The first-order valence-corrected chi connectivity index (χ1v) is 15.7. The van der Waals surface area contributed by atoms with E-state index in [0.717, 1.165) is 24.2 Å². The van der Waals surface area contributed by atoms with E-state index in [2.05, 4.69) is 170 Å². The van der Waals surface area contributed by atoms with E-state index in [4.69, 9.17) is 0 Å². The molecule has 0 fully saturated rings. The number of hydrogen-bond acceptors (Lipinski definition) is 1. The predicted molar refractivity (Wildman–Crippen MR) is 188 cm³/mol. The molecule has 0 spiro atoms. The number of benzene rings is 6. The van der Waals surface area contributed by atoms with Gasteiger partial charge in [-0.25, -0.2) is 0 Å². The van der Waals surface area contributed by atoms with Crippen LogP contribution in [0.25, 0.3) is 38.6 Å². The molecule has 0 aliphatic heterocycles. The van der Waals surface area contributed by atoms with Crippen LogP contribution in [0, 0.1) is 0 Å². The van der Waals surface area contributed by atoms with Crippen LogP contribution in [0.2, 0.25) is 0 Å². The second kappa shape index (κ2) is 10.5. The summed E-state index contributed by atoms with van der Waals surface area (Å²) < 4.78 is 0. The van der Waals surface area contributed by atoms with Gasteiger partial charge in [0.2, 0.25) is 0 Å². The minimum atomic E-state index is -0.0135. The van der Waals surface area contributed by atoms with Crippen molar-refractivity contribution in [1.82, 2.24) is 0 Å². The van der Waals surface area contributed by atoms with Gasteiger partial charge in [0.15, 0.2) is 0 Å². The zero-order valence-electron chi connectivity index (χ0n) is 25.3. The molecule has 2 aliphatic carbocycles. The molecule has 0 N–H and O–H groups in total. The van der Waals surface area contributed by atoms with Crippen molar-refractivity contribution in [2.45, 2.75) is 32.1 Å². The number of rotatable bonds is 5. The van der Waals surface area contributed by atoms with Crippen LogP contribution >= 0.6 is 0 Å². The van der Waals surface area contributed by atoms with Gasteiger partial charge in [0.05, 0.1) is 0 Å². The normalized spacial score (nSPS) is 14.9. The van der Waals surface area contributed by atoms with Crippen LogP contribution in [0.15, 0.2) is 157 Å². The van der Waals surface area contributed by atoms with Gasteiger partial charge >= 0.3 is 0 Å². The van der Waals surface area contributed by atoms with Gasteiger partial charge in [0, 0.05) is 22.5 Å². The predicted octanol–water partition coefficient (Wildman–Crippen LogP) is 12.0. The molecule has 44 heavy (non-hydrogen) atoms. The second-order valence-corrected chi connectivity index (χ2v) is 12.5. The molecule has 212 valence electrons. The standard InChI is InChI=1S/C43H35N/c1-43(2)41-15-9-8-14-39(41)40-27-26-38(29-42(40)43)44(36-22-18-32(19-23-36)30-10-4-3-5-11-30)37-24-20-33(21-25-37)35-17-16-31-12-6-7-13-34(31)28-35/h3-7,9-13,15-29H,8,14H2,1-2H3. The topological polar surface area (TPSA) is 3.24 Å². The van der Waals surface area contributed by atoms with Crippen molar-refractivity contribution in [3.63, 3.8) is 0 Å². The van der Waals surface area contributed by atoms with Crippen molar-refractivity contribution in [2.75, 3.05) is 4.90 Å². The summed E-state index contributed by atoms with van der Waals surface area (Å²) in [6, 6.07) is 51.0. The third-order valence-corrected chi connectivity index (χ3v) is 9.54. The first kappa shape index (κ1) is 26.5. The Morgan fingerprint density at radius 3 is 1.84 bits per heavy atom. The molecule has 8 rings (SSSR count). The Balaban J connectivity index is 1.21. The molecule has 6 aromatic carbocycles. The molecule has 0 aromatic heterocycles. The lowest BCUT2D eigenvalue weighted by Gasteiger charge is -2.29. The third kappa shape index (κ3) is 4.48. The Morgan fingerprint density at radius 2 is 1.11 bits per heavy atom. The molecule has 0 amide bonds. The van der Waals surface area contributed by atoms with E-state index in [1.54, 1.807) is 0 Å². The van der Waals surface area contributed by atoms with Gasteiger partial charge in [0.25, 0.3) is 0 Å². The molecular weight excluding hydrogens is 530 g/mol. The van der Waals surface area contributed by atoms with Crippen molar-refractivity contribution in [1.29, 1.82) is 0 Å². The van der Waals surface area contributed by atoms with E-state index in [1.807, 2.05) is 0 Å². The van der Waals surface area contributed by atoms with E-state index in [9.17, 15) is 0 Å². The number of nitrogens with zero attached hydrogens (tertiary/aromatic N) is 1. The van der Waals surface area contributed by atoms with Crippen LogP contribution in [0.5, 0.6) is 0 Å².